The van der Waals surface area contributed by atoms with Crippen molar-refractivity contribution in [3.8, 4) is 5.75 Å². The smallest absolute Gasteiger partial charge is 0.410 e. The Labute approximate surface area is 203 Å². The highest BCUT2D eigenvalue weighted by Crippen LogP contribution is 2.23. The van der Waals surface area contributed by atoms with Gasteiger partial charge >= 0.3 is 6.09 Å². The molecule has 1 saturated heterocycles. The molecule has 0 aliphatic carbocycles. The van der Waals surface area contributed by atoms with E-state index in [-0.39, 0.29) is 36.2 Å². The van der Waals surface area contributed by atoms with Crippen molar-refractivity contribution >= 4 is 36.0 Å². The Morgan fingerprint density at radius 1 is 1.32 bits per heavy atom. The van der Waals surface area contributed by atoms with Crippen LogP contribution < -0.4 is 15.4 Å². The summed E-state index contributed by atoms with van der Waals surface area (Å²) in [6.45, 7) is 10.6. The van der Waals surface area contributed by atoms with Crippen LogP contribution in [0.4, 0.5) is 4.79 Å². The number of aryl methyl sites for hydroxylation is 1. The number of halogens is 1. The van der Waals surface area contributed by atoms with E-state index in [0.29, 0.717) is 32.2 Å². The van der Waals surface area contributed by atoms with Crippen LogP contribution in [0.3, 0.4) is 0 Å². The Balaban J connectivity index is 0.00000480. The number of hydrogen-bond acceptors (Lipinski definition) is 5. The average molecular weight is 548 g/mol. The average Bonchev–Trinajstić information content (AvgIpc) is 3.17. The zero-order valence-electron chi connectivity index (χ0n) is 19.5. The first-order valence-electron chi connectivity index (χ1n) is 10.4. The van der Waals surface area contributed by atoms with Crippen LogP contribution in [-0.2, 0) is 16.0 Å². The number of benzene rings is 1. The number of amides is 1. The molecule has 0 radical (unpaired) electrons. The fourth-order valence-corrected chi connectivity index (χ4v) is 2.88. The Hall–Kier alpha value is -1.75. The number of hydrogen-bond donors (Lipinski definition) is 2. The van der Waals surface area contributed by atoms with Crippen molar-refractivity contribution in [1.82, 2.24) is 15.5 Å². The maximum Gasteiger partial charge on any atom is 0.410 e. The summed E-state index contributed by atoms with van der Waals surface area (Å²) in [5, 5.41) is 6.53. The van der Waals surface area contributed by atoms with Crippen molar-refractivity contribution in [2.24, 2.45) is 4.99 Å². The summed E-state index contributed by atoms with van der Waals surface area (Å²) >= 11 is 0. The number of guanidine groups is 1. The van der Waals surface area contributed by atoms with Crippen LogP contribution >= 0.6 is 24.0 Å². The molecule has 8 nitrogen and oxygen atoms in total. The molecule has 0 bridgehead atoms. The van der Waals surface area contributed by atoms with Gasteiger partial charge in [0.1, 0.15) is 17.5 Å². The lowest BCUT2D eigenvalue weighted by Crippen LogP contribution is -2.42. The minimum atomic E-state index is -0.505. The van der Waals surface area contributed by atoms with Crippen LogP contribution in [0, 0.1) is 6.92 Å². The minimum Gasteiger partial charge on any atom is -0.488 e. The molecule has 1 amide bonds. The van der Waals surface area contributed by atoms with Crippen LogP contribution in [0.1, 0.15) is 38.3 Å². The predicted molar refractivity (Wildman–Crippen MR) is 134 cm³/mol. The molecule has 176 valence electrons. The van der Waals surface area contributed by atoms with E-state index in [2.05, 4.69) is 40.7 Å². The fraction of sp³-hybridized carbons (Fsp3) is 0.636. The first-order valence-corrected chi connectivity index (χ1v) is 10.4. The second-order valence-corrected chi connectivity index (χ2v) is 8.47. The van der Waals surface area contributed by atoms with Gasteiger partial charge in [-0.15, -0.1) is 24.0 Å². The third kappa shape index (κ3) is 9.94. The van der Waals surface area contributed by atoms with Gasteiger partial charge in [0.2, 0.25) is 0 Å². The van der Waals surface area contributed by atoms with Crippen LogP contribution in [0.5, 0.6) is 5.75 Å². The largest absolute Gasteiger partial charge is 0.488 e. The summed E-state index contributed by atoms with van der Waals surface area (Å²) in [4.78, 5) is 17.8. The van der Waals surface area contributed by atoms with Crippen molar-refractivity contribution < 1.29 is 19.0 Å². The van der Waals surface area contributed by atoms with E-state index in [1.807, 2.05) is 20.8 Å². The number of carbonyl (C=O) groups excluding carboxylic acids is 1. The first-order chi connectivity index (χ1) is 14.2. The topological polar surface area (TPSA) is 84.4 Å². The van der Waals surface area contributed by atoms with E-state index < -0.39 is 5.60 Å². The lowest BCUT2D eigenvalue weighted by Gasteiger charge is -2.25. The van der Waals surface area contributed by atoms with Crippen LogP contribution in [0.25, 0.3) is 0 Å². The monoisotopic (exact) mass is 548 g/mol. The molecule has 31 heavy (non-hydrogen) atoms. The molecule has 1 unspecified atom stereocenters. The third-order valence-corrected chi connectivity index (χ3v) is 4.52. The molecule has 1 atom stereocenters. The summed E-state index contributed by atoms with van der Waals surface area (Å²) in [6, 6.07) is 6.19. The molecule has 0 aromatic heterocycles. The fourth-order valence-electron chi connectivity index (χ4n) is 2.88. The number of nitrogens with one attached hydrogen (secondary N) is 2. The van der Waals surface area contributed by atoms with Crippen molar-refractivity contribution in [2.45, 2.75) is 52.4 Å². The summed E-state index contributed by atoms with van der Waals surface area (Å²) in [5.74, 6) is 1.53. The van der Waals surface area contributed by atoms with E-state index in [4.69, 9.17) is 14.2 Å². The van der Waals surface area contributed by atoms with E-state index >= 15 is 0 Å². The van der Waals surface area contributed by atoms with Crippen LogP contribution in [0.15, 0.2) is 23.2 Å². The summed E-state index contributed by atoms with van der Waals surface area (Å²) in [6.07, 6.45) is 0.672. The van der Waals surface area contributed by atoms with Crippen molar-refractivity contribution in [3.05, 3.63) is 29.3 Å². The summed E-state index contributed by atoms with van der Waals surface area (Å²) < 4.78 is 16.9. The lowest BCUT2D eigenvalue weighted by molar-refractivity contribution is 0.0302. The van der Waals surface area contributed by atoms with Gasteiger partial charge in [-0.3, -0.25) is 4.99 Å². The van der Waals surface area contributed by atoms with Gasteiger partial charge in [-0.05, 0) is 39.3 Å². The molecular formula is C22H37IN4O4. The quantitative estimate of drug-likeness (QED) is 0.309. The van der Waals surface area contributed by atoms with Gasteiger partial charge in [-0.2, -0.15) is 0 Å². The molecule has 1 fully saturated rings. The maximum atomic E-state index is 12.0. The van der Waals surface area contributed by atoms with E-state index in [1.54, 1.807) is 19.0 Å². The van der Waals surface area contributed by atoms with Gasteiger partial charge < -0.3 is 29.7 Å². The molecule has 9 heteroatoms. The van der Waals surface area contributed by atoms with Gasteiger partial charge in [-0.25, -0.2) is 4.79 Å². The van der Waals surface area contributed by atoms with E-state index in [9.17, 15) is 4.79 Å². The highest BCUT2D eigenvalue weighted by atomic mass is 127. The Morgan fingerprint density at radius 2 is 2.06 bits per heavy atom. The molecule has 1 aliphatic heterocycles. The molecule has 1 aromatic carbocycles. The van der Waals surface area contributed by atoms with Gasteiger partial charge in [0.25, 0.3) is 0 Å². The Morgan fingerprint density at radius 3 is 2.68 bits per heavy atom. The first kappa shape index (κ1) is 27.3. The number of nitrogens with zero attached hydrogens (tertiary/aromatic N) is 2. The van der Waals surface area contributed by atoms with Crippen LogP contribution in [0.2, 0.25) is 0 Å². The standard InChI is InChI=1S/C22H36N4O4.HI/c1-16-7-8-17(19(13-16)29-18-9-12-28-15-18)14-25-20(23-5)24-10-11-26(6)21(27)30-22(2,3)4;/h7-8,13,18H,9-12,14-15H2,1-6H3,(H2,23,24,25);1H. The van der Waals surface area contributed by atoms with Crippen LogP contribution in [-0.4, -0.2) is 69.1 Å². The lowest BCUT2D eigenvalue weighted by atomic mass is 10.1. The van der Waals surface area contributed by atoms with Crippen molar-refractivity contribution in [2.75, 3.05) is 40.4 Å². The molecule has 1 aromatic rings. The normalized spacial score (nSPS) is 16.3. The van der Waals surface area contributed by atoms with E-state index in [1.165, 1.54) is 0 Å². The maximum absolute atomic E-state index is 12.0. The molecule has 1 heterocycles. The number of likely N-dealkylation sites (N-methyl/N-ethyl adjacent to an activating group) is 1. The van der Waals surface area contributed by atoms with Gasteiger partial charge in [0, 0.05) is 45.7 Å². The Kier molecular flexibility index (Phi) is 11.4. The number of carbonyl (C=O) groups is 1. The second kappa shape index (κ2) is 12.9. The van der Waals surface area contributed by atoms with Gasteiger partial charge in [-0.1, -0.05) is 12.1 Å². The molecule has 2 rings (SSSR count). The molecular weight excluding hydrogens is 511 g/mol. The predicted octanol–water partition coefficient (Wildman–Crippen LogP) is 3.31. The zero-order chi connectivity index (χ0) is 22.1. The number of rotatable bonds is 7. The third-order valence-electron chi connectivity index (χ3n) is 4.52. The minimum absolute atomic E-state index is 0. The molecule has 1 aliphatic rings. The SMILES string of the molecule is CN=C(NCCN(C)C(=O)OC(C)(C)C)NCc1ccc(C)cc1OC1CCOC1.I. The Bertz CT molecular complexity index is 731. The highest BCUT2D eigenvalue weighted by Gasteiger charge is 2.20. The molecule has 0 saturated carbocycles. The number of aliphatic imine (C=N–C) groups is 1. The van der Waals surface area contributed by atoms with Crippen molar-refractivity contribution in [3.63, 3.8) is 0 Å². The van der Waals surface area contributed by atoms with Gasteiger partial charge in [0.15, 0.2) is 5.96 Å². The van der Waals surface area contributed by atoms with E-state index in [0.717, 1.165) is 29.9 Å². The zero-order valence-corrected chi connectivity index (χ0v) is 21.8. The summed E-state index contributed by atoms with van der Waals surface area (Å²) in [5.41, 5.74) is 1.70. The second-order valence-electron chi connectivity index (χ2n) is 8.47. The van der Waals surface area contributed by atoms with Gasteiger partial charge in [0.05, 0.1) is 13.2 Å². The summed E-state index contributed by atoms with van der Waals surface area (Å²) in [7, 11) is 3.43. The molecule has 2 N–H and O–H groups in total. The van der Waals surface area contributed by atoms with Crippen molar-refractivity contribution in [1.29, 1.82) is 0 Å². The highest BCUT2D eigenvalue weighted by molar-refractivity contribution is 14.0. The number of ether oxygens (including phenoxy) is 3. The molecule has 0 spiro atoms.